The number of carbonyl (C=O) groups is 1. The van der Waals surface area contributed by atoms with E-state index in [9.17, 15) is 9.18 Å². The van der Waals surface area contributed by atoms with Crippen LogP contribution in [0.25, 0.3) is 0 Å². The average molecular weight is 291 g/mol. The lowest BCUT2D eigenvalue weighted by Gasteiger charge is -2.16. The zero-order chi connectivity index (χ0) is 15.2. The maximum Gasteiger partial charge on any atom is 0.234 e. The summed E-state index contributed by atoms with van der Waals surface area (Å²) in [6.45, 7) is 2.00. The summed E-state index contributed by atoms with van der Waals surface area (Å²) >= 11 is 0. The van der Waals surface area contributed by atoms with Gasteiger partial charge in [0.05, 0.1) is 12.7 Å². The van der Waals surface area contributed by atoms with Gasteiger partial charge in [0.2, 0.25) is 11.8 Å². The molecule has 0 unspecified atom stereocenters. The molecule has 0 radical (unpaired) electrons. The maximum absolute atomic E-state index is 13.0. The average Bonchev–Trinajstić information content (AvgIpc) is 2.87. The van der Waals surface area contributed by atoms with Crippen molar-refractivity contribution in [3.8, 4) is 0 Å². The van der Waals surface area contributed by atoms with Crippen LogP contribution < -0.4 is 10.6 Å². The molecule has 0 aliphatic carbocycles. The molecule has 112 valence electrons. The summed E-state index contributed by atoms with van der Waals surface area (Å²) in [7, 11) is 1.70. The van der Waals surface area contributed by atoms with E-state index in [1.54, 1.807) is 32.3 Å². The summed E-state index contributed by atoms with van der Waals surface area (Å²) in [6, 6.07) is 5.76. The first kappa shape index (κ1) is 15.2. The number of nitrogens with zero attached hydrogens (tertiary/aromatic N) is 1. The number of oxazole rings is 1. The first-order valence-corrected chi connectivity index (χ1v) is 6.69. The summed E-state index contributed by atoms with van der Waals surface area (Å²) in [5, 5.41) is 5.65. The minimum absolute atomic E-state index is 0.152. The van der Waals surface area contributed by atoms with Gasteiger partial charge in [-0.2, -0.15) is 0 Å². The first-order chi connectivity index (χ1) is 10.1. The van der Waals surface area contributed by atoms with Crippen molar-refractivity contribution in [3.63, 3.8) is 0 Å². The van der Waals surface area contributed by atoms with E-state index in [1.165, 1.54) is 12.1 Å². The predicted molar refractivity (Wildman–Crippen MR) is 76.2 cm³/mol. The second-order valence-corrected chi connectivity index (χ2v) is 4.79. The van der Waals surface area contributed by atoms with Gasteiger partial charge in [0.1, 0.15) is 17.6 Å². The van der Waals surface area contributed by atoms with Gasteiger partial charge in [-0.3, -0.25) is 4.79 Å². The van der Waals surface area contributed by atoms with Gasteiger partial charge in [0.25, 0.3) is 0 Å². The largest absolute Gasteiger partial charge is 0.444 e. The van der Waals surface area contributed by atoms with Crippen LogP contribution in [0.1, 0.15) is 23.3 Å². The summed E-state index contributed by atoms with van der Waals surface area (Å²) in [5.74, 6) is 0.681. The van der Waals surface area contributed by atoms with Crippen molar-refractivity contribution in [1.82, 2.24) is 15.6 Å². The van der Waals surface area contributed by atoms with Gasteiger partial charge >= 0.3 is 0 Å². The number of hydrogen-bond acceptors (Lipinski definition) is 4. The smallest absolute Gasteiger partial charge is 0.234 e. The van der Waals surface area contributed by atoms with Crippen molar-refractivity contribution >= 4 is 5.91 Å². The predicted octanol–water partition coefficient (Wildman–Crippen LogP) is 1.74. The number of halogens is 1. The van der Waals surface area contributed by atoms with Gasteiger partial charge in [0.15, 0.2) is 0 Å². The number of hydrogen-bond donors (Lipinski definition) is 2. The van der Waals surface area contributed by atoms with Gasteiger partial charge in [-0.25, -0.2) is 9.37 Å². The number of carbonyl (C=O) groups excluding carboxylic acids is 1. The standard InChI is InChI=1S/C15H18FN3O2/c1-10-8-18-15(21-10)13(19-14(20)9-17-2)7-11-3-5-12(16)6-4-11/h3-6,8,13,17H,7,9H2,1-2H3,(H,19,20)/t13-/m0/s1. The van der Waals surface area contributed by atoms with Gasteiger partial charge in [-0.05, 0) is 31.7 Å². The second-order valence-electron chi connectivity index (χ2n) is 4.79. The fourth-order valence-corrected chi connectivity index (χ4v) is 2.00. The minimum Gasteiger partial charge on any atom is -0.444 e. The molecular formula is C15H18FN3O2. The highest BCUT2D eigenvalue weighted by Crippen LogP contribution is 2.18. The number of benzene rings is 1. The fourth-order valence-electron chi connectivity index (χ4n) is 2.00. The lowest BCUT2D eigenvalue weighted by molar-refractivity contribution is -0.121. The van der Waals surface area contributed by atoms with Crippen LogP contribution >= 0.6 is 0 Å². The Bertz CT molecular complexity index is 595. The topological polar surface area (TPSA) is 67.2 Å². The molecule has 0 fully saturated rings. The van der Waals surface area contributed by atoms with E-state index in [4.69, 9.17) is 4.42 Å². The Balaban J connectivity index is 2.15. The molecule has 21 heavy (non-hydrogen) atoms. The Labute approximate surface area is 122 Å². The molecule has 0 aliphatic heterocycles. The monoisotopic (exact) mass is 291 g/mol. The number of aromatic nitrogens is 1. The number of aryl methyl sites for hydroxylation is 1. The van der Waals surface area contributed by atoms with E-state index in [0.29, 0.717) is 18.1 Å². The molecule has 2 rings (SSSR count). The van der Waals surface area contributed by atoms with Crippen LogP contribution in [0.3, 0.4) is 0 Å². The molecule has 1 aromatic heterocycles. The van der Waals surface area contributed by atoms with Crippen LogP contribution in [0.4, 0.5) is 4.39 Å². The number of amides is 1. The molecule has 0 spiro atoms. The summed E-state index contributed by atoms with van der Waals surface area (Å²) in [4.78, 5) is 15.9. The fraction of sp³-hybridized carbons (Fsp3) is 0.333. The van der Waals surface area contributed by atoms with Crippen LogP contribution in [0.15, 0.2) is 34.9 Å². The van der Waals surface area contributed by atoms with Crippen molar-refractivity contribution in [2.45, 2.75) is 19.4 Å². The molecule has 0 saturated carbocycles. The van der Waals surface area contributed by atoms with E-state index in [1.807, 2.05) is 0 Å². The molecule has 5 nitrogen and oxygen atoms in total. The van der Waals surface area contributed by atoms with Gasteiger partial charge in [-0.15, -0.1) is 0 Å². The lowest BCUT2D eigenvalue weighted by Crippen LogP contribution is -2.36. The Morgan fingerprint density at radius 1 is 1.38 bits per heavy atom. The summed E-state index contributed by atoms with van der Waals surface area (Å²) < 4.78 is 18.5. The molecule has 2 N–H and O–H groups in total. The number of nitrogens with one attached hydrogen (secondary N) is 2. The normalized spacial score (nSPS) is 12.1. The van der Waals surface area contributed by atoms with Crippen LogP contribution in [-0.2, 0) is 11.2 Å². The third-order valence-electron chi connectivity index (χ3n) is 2.96. The zero-order valence-corrected chi connectivity index (χ0v) is 12.0. The highest BCUT2D eigenvalue weighted by molar-refractivity contribution is 5.78. The molecule has 0 saturated heterocycles. The Hall–Kier alpha value is -2.21. The van der Waals surface area contributed by atoms with Crippen molar-refractivity contribution < 1.29 is 13.6 Å². The molecule has 1 amide bonds. The van der Waals surface area contributed by atoms with Crippen LogP contribution in [0.2, 0.25) is 0 Å². The Kier molecular flexibility index (Phi) is 5.05. The lowest BCUT2D eigenvalue weighted by atomic mass is 10.1. The number of likely N-dealkylation sites (N-methyl/N-ethyl adjacent to an activating group) is 1. The van der Waals surface area contributed by atoms with E-state index >= 15 is 0 Å². The minimum atomic E-state index is -0.384. The van der Waals surface area contributed by atoms with Gasteiger partial charge in [0, 0.05) is 6.42 Å². The zero-order valence-electron chi connectivity index (χ0n) is 12.0. The van der Waals surface area contributed by atoms with Crippen molar-refractivity contribution in [1.29, 1.82) is 0 Å². The van der Waals surface area contributed by atoms with Crippen molar-refractivity contribution in [3.05, 3.63) is 53.5 Å². The molecule has 1 aromatic carbocycles. The van der Waals surface area contributed by atoms with Gasteiger partial charge < -0.3 is 15.1 Å². The van der Waals surface area contributed by atoms with E-state index < -0.39 is 0 Å². The first-order valence-electron chi connectivity index (χ1n) is 6.69. The molecule has 6 heteroatoms. The van der Waals surface area contributed by atoms with E-state index in [2.05, 4.69) is 15.6 Å². The second kappa shape index (κ2) is 6.99. The highest BCUT2D eigenvalue weighted by atomic mass is 19.1. The molecule has 2 aromatic rings. The third-order valence-corrected chi connectivity index (χ3v) is 2.96. The van der Waals surface area contributed by atoms with Gasteiger partial charge in [-0.1, -0.05) is 12.1 Å². The highest BCUT2D eigenvalue weighted by Gasteiger charge is 2.19. The maximum atomic E-state index is 13.0. The summed E-state index contributed by atoms with van der Waals surface area (Å²) in [5.41, 5.74) is 0.891. The van der Waals surface area contributed by atoms with Crippen LogP contribution in [0.5, 0.6) is 0 Å². The SMILES string of the molecule is CNCC(=O)N[C@@H](Cc1ccc(F)cc1)c1ncc(C)o1. The molecule has 0 bridgehead atoms. The molecule has 1 heterocycles. The van der Waals surface area contributed by atoms with Crippen LogP contribution in [-0.4, -0.2) is 24.5 Å². The Morgan fingerprint density at radius 2 is 2.10 bits per heavy atom. The van der Waals surface area contributed by atoms with Crippen molar-refractivity contribution in [2.75, 3.05) is 13.6 Å². The molecule has 1 atom stereocenters. The quantitative estimate of drug-likeness (QED) is 0.851. The number of rotatable bonds is 6. The van der Waals surface area contributed by atoms with E-state index in [-0.39, 0.29) is 24.3 Å². The Morgan fingerprint density at radius 3 is 2.67 bits per heavy atom. The van der Waals surface area contributed by atoms with Crippen molar-refractivity contribution in [2.24, 2.45) is 0 Å². The molecule has 0 aliphatic rings. The summed E-state index contributed by atoms with van der Waals surface area (Å²) in [6.07, 6.45) is 2.09. The third kappa shape index (κ3) is 4.39. The van der Waals surface area contributed by atoms with E-state index in [0.717, 1.165) is 5.56 Å². The molecular weight excluding hydrogens is 273 g/mol. The van der Waals surface area contributed by atoms with Crippen LogP contribution in [0, 0.1) is 12.7 Å².